The second-order valence-electron chi connectivity index (χ2n) is 6.31. The monoisotopic (exact) mass is 296 g/mol. The molecule has 0 spiro atoms. The van der Waals surface area contributed by atoms with E-state index in [0.29, 0.717) is 12.5 Å². The van der Waals surface area contributed by atoms with Gasteiger partial charge in [0.15, 0.2) is 0 Å². The number of alkyl halides is 2. The number of halogens is 3. The standard InChI is InChI=1S/C13H22F2N2O.ClH/c1-9(2)5-12(3-4-12)7-17-11(18)10-6-13(14,15)8-16-10;/h9-10,16H,3-8H2,1-2H3,(H,17,18);1H. The molecule has 1 saturated heterocycles. The zero-order valence-electron chi connectivity index (χ0n) is 11.5. The van der Waals surface area contributed by atoms with E-state index in [1.165, 1.54) is 0 Å². The number of carbonyl (C=O) groups is 1. The van der Waals surface area contributed by atoms with Crippen molar-refractivity contribution in [3.63, 3.8) is 0 Å². The molecule has 2 aliphatic rings. The molecule has 2 fully saturated rings. The third kappa shape index (κ3) is 4.56. The summed E-state index contributed by atoms with van der Waals surface area (Å²) in [7, 11) is 0. The van der Waals surface area contributed by atoms with E-state index in [1.807, 2.05) is 0 Å². The Labute approximate surface area is 119 Å². The van der Waals surface area contributed by atoms with E-state index in [2.05, 4.69) is 24.5 Å². The van der Waals surface area contributed by atoms with Gasteiger partial charge in [0.1, 0.15) is 0 Å². The lowest BCUT2D eigenvalue weighted by molar-refractivity contribution is -0.123. The summed E-state index contributed by atoms with van der Waals surface area (Å²) in [5.41, 5.74) is 0.241. The molecular formula is C13H23ClF2N2O. The lowest BCUT2D eigenvalue weighted by Gasteiger charge is -2.19. The minimum atomic E-state index is -2.74. The fourth-order valence-corrected chi connectivity index (χ4v) is 2.79. The summed E-state index contributed by atoms with van der Waals surface area (Å²) in [6, 6.07) is -0.727. The van der Waals surface area contributed by atoms with Crippen molar-refractivity contribution in [2.75, 3.05) is 13.1 Å². The fraction of sp³-hybridized carbons (Fsp3) is 0.923. The van der Waals surface area contributed by atoms with Crippen molar-refractivity contribution < 1.29 is 13.6 Å². The number of hydrogen-bond donors (Lipinski definition) is 2. The molecule has 1 aliphatic carbocycles. The van der Waals surface area contributed by atoms with Gasteiger partial charge in [0.05, 0.1) is 12.6 Å². The summed E-state index contributed by atoms with van der Waals surface area (Å²) in [5, 5.41) is 5.42. The Morgan fingerprint density at radius 3 is 2.47 bits per heavy atom. The highest BCUT2D eigenvalue weighted by Gasteiger charge is 2.45. The van der Waals surface area contributed by atoms with Gasteiger partial charge in [-0.15, -0.1) is 12.4 Å². The summed E-state index contributed by atoms with van der Waals surface area (Å²) in [6.07, 6.45) is 3.00. The molecule has 6 heteroatoms. The average Bonchev–Trinajstić information content (AvgIpc) is 2.90. The molecule has 2 N–H and O–H groups in total. The van der Waals surface area contributed by atoms with E-state index in [1.54, 1.807) is 0 Å². The van der Waals surface area contributed by atoms with E-state index < -0.39 is 12.0 Å². The molecule has 19 heavy (non-hydrogen) atoms. The van der Waals surface area contributed by atoms with Gasteiger partial charge in [-0.1, -0.05) is 13.8 Å². The van der Waals surface area contributed by atoms with Crippen LogP contribution in [-0.4, -0.2) is 31.0 Å². The van der Waals surface area contributed by atoms with Gasteiger partial charge in [0.25, 0.3) is 5.92 Å². The summed E-state index contributed by atoms with van der Waals surface area (Å²) < 4.78 is 25.9. The number of amides is 1. The van der Waals surface area contributed by atoms with E-state index in [9.17, 15) is 13.6 Å². The first-order chi connectivity index (χ1) is 8.32. The first-order valence-electron chi connectivity index (χ1n) is 6.71. The molecule has 2 rings (SSSR count). The van der Waals surface area contributed by atoms with E-state index in [4.69, 9.17) is 0 Å². The van der Waals surface area contributed by atoms with Crippen LogP contribution in [0.3, 0.4) is 0 Å². The fourth-order valence-electron chi connectivity index (χ4n) is 2.79. The van der Waals surface area contributed by atoms with Crippen molar-refractivity contribution in [2.24, 2.45) is 11.3 Å². The molecule has 3 nitrogen and oxygen atoms in total. The second-order valence-corrected chi connectivity index (χ2v) is 6.31. The van der Waals surface area contributed by atoms with Crippen molar-refractivity contribution in [1.82, 2.24) is 10.6 Å². The maximum absolute atomic E-state index is 13.0. The van der Waals surface area contributed by atoms with Gasteiger partial charge in [-0.3, -0.25) is 10.1 Å². The van der Waals surface area contributed by atoms with Crippen LogP contribution >= 0.6 is 12.4 Å². The zero-order chi connectivity index (χ0) is 13.4. The predicted molar refractivity (Wildman–Crippen MR) is 72.7 cm³/mol. The Kier molecular flexibility index (Phi) is 5.18. The maximum Gasteiger partial charge on any atom is 0.262 e. The first-order valence-corrected chi connectivity index (χ1v) is 6.71. The molecule has 0 aromatic rings. The topological polar surface area (TPSA) is 41.1 Å². The normalized spacial score (nSPS) is 26.9. The lowest BCUT2D eigenvalue weighted by Crippen LogP contribution is -2.42. The quantitative estimate of drug-likeness (QED) is 0.818. The van der Waals surface area contributed by atoms with Crippen LogP contribution in [0.1, 0.15) is 39.5 Å². The van der Waals surface area contributed by atoms with Crippen molar-refractivity contribution in [3.05, 3.63) is 0 Å². The van der Waals surface area contributed by atoms with Crippen molar-refractivity contribution in [1.29, 1.82) is 0 Å². The van der Waals surface area contributed by atoms with E-state index >= 15 is 0 Å². The molecule has 1 heterocycles. The van der Waals surface area contributed by atoms with Crippen molar-refractivity contribution in [2.45, 2.75) is 51.5 Å². The number of hydrogen-bond acceptors (Lipinski definition) is 2. The lowest BCUT2D eigenvalue weighted by atomic mass is 9.94. The largest absolute Gasteiger partial charge is 0.354 e. The minimum Gasteiger partial charge on any atom is -0.354 e. The van der Waals surface area contributed by atoms with Gasteiger partial charge < -0.3 is 5.32 Å². The Bertz CT molecular complexity index is 333. The van der Waals surface area contributed by atoms with Crippen molar-refractivity contribution in [3.8, 4) is 0 Å². The number of rotatable bonds is 5. The molecule has 1 unspecified atom stereocenters. The van der Waals surface area contributed by atoms with Crippen LogP contribution in [0, 0.1) is 11.3 Å². The highest BCUT2D eigenvalue weighted by atomic mass is 35.5. The SMILES string of the molecule is CC(C)CC1(CNC(=O)C2CC(F)(F)CN2)CC1.Cl. The third-order valence-electron chi connectivity index (χ3n) is 3.86. The van der Waals surface area contributed by atoms with Gasteiger partial charge in [0.2, 0.25) is 5.91 Å². The number of carbonyl (C=O) groups excluding carboxylic acids is 1. The molecule has 0 radical (unpaired) electrons. The maximum atomic E-state index is 13.0. The van der Waals surface area contributed by atoms with Crippen LogP contribution in [0.2, 0.25) is 0 Å². The molecule has 0 aromatic carbocycles. The van der Waals surface area contributed by atoms with Crippen molar-refractivity contribution >= 4 is 18.3 Å². The van der Waals surface area contributed by atoms with Gasteiger partial charge in [-0.2, -0.15) is 0 Å². The van der Waals surface area contributed by atoms with Gasteiger partial charge in [-0.05, 0) is 30.6 Å². The first kappa shape index (κ1) is 16.6. The summed E-state index contributed by atoms with van der Waals surface area (Å²) >= 11 is 0. The Balaban J connectivity index is 0.00000180. The number of nitrogens with one attached hydrogen (secondary N) is 2. The summed E-state index contributed by atoms with van der Waals surface area (Å²) in [6.45, 7) is 4.58. The van der Waals surface area contributed by atoms with Gasteiger partial charge >= 0.3 is 0 Å². The molecule has 1 amide bonds. The van der Waals surface area contributed by atoms with E-state index in [-0.39, 0.29) is 36.7 Å². The van der Waals surface area contributed by atoms with E-state index in [0.717, 1.165) is 19.3 Å². The molecule has 112 valence electrons. The Hall–Kier alpha value is -0.420. The van der Waals surface area contributed by atoms with Crippen LogP contribution in [-0.2, 0) is 4.79 Å². The summed E-state index contributed by atoms with van der Waals surface area (Å²) in [4.78, 5) is 11.8. The highest BCUT2D eigenvalue weighted by Crippen LogP contribution is 2.50. The molecule has 1 atom stereocenters. The van der Waals surface area contributed by atoms with Crippen LogP contribution in [0.5, 0.6) is 0 Å². The second kappa shape index (κ2) is 5.92. The summed E-state index contributed by atoms with van der Waals surface area (Å²) in [5.74, 6) is -2.41. The van der Waals surface area contributed by atoms with Crippen LogP contribution in [0.4, 0.5) is 8.78 Å². The predicted octanol–water partition coefficient (Wildman–Crippen LogP) is 2.35. The molecule has 0 bridgehead atoms. The van der Waals surface area contributed by atoms with Gasteiger partial charge in [0, 0.05) is 13.0 Å². The highest BCUT2D eigenvalue weighted by molar-refractivity contribution is 5.85. The molecule has 0 aromatic heterocycles. The third-order valence-corrected chi connectivity index (χ3v) is 3.86. The Morgan fingerprint density at radius 2 is 2.05 bits per heavy atom. The Morgan fingerprint density at radius 1 is 1.42 bits per heavy atom. The smallest absolute Gasteiger partial charge is 0.262 e. The van der Waals surface area contributed by atoms with Crippen LogP contribution in [0.25, 0.3) is 0 Å². The minimum absolute atomic E-state index is 0. The van der Waals surface area contributed by atoms with Crippen LogP contribution < -0.4 is 10.6 Å². The average molecular weight is 297 g/mol. The molecular weight excluding hydrogens is 274 g/mol. The van der Waals surface area contributed by atoms with Gasteiger partial charge in [-0.25, -0.2) is 8.78 Å². The molecule has 1 saturated carbocycles. The zero-order valence-corrected chi connectivity index (χ0v) is 12.3. The van der Waals surface area contributed by atoms with Crippen LogP contribution in [0.15, 0.2) is 0 Å². The molecule has 1 aliphatic heterocycles.